The first kappa shape index (κ1) is 13.1. The number of hydrogen-bond donors (Lipinski definition) is 2. The van der Waals surface area contributed by atoms with Gasteiger partial charge in [0.15, 0.2) is 0 Å². The lowest BCUT2D eigenvalue weighted by Crippen LogP contribution is -2.54. The minimum Gasteiger partial charge on any atom is -0.368 e. The second-order valence-electron chi connectivity index (χ2n) is 5.12. The average molecular weight is 249 g/mol. The fraction of sp³-hybridized carbons (Fsp3) is 0.692. The number of aromatic nitrogens is 2. The van der Waals surface area contributed by atoms with Crippen LogP contribution >= 0.6 is 0 Å². The highest BCUT2D eigenvalue weighted by Crippen LogP contribution is 2.36. The summed E-state index contributed by atoms with van der Waals surface area (Å²) < 4.78 is 0. The van der Waals surface area contributed by atoms with E-state index in [-0.39, 0.29) is 0 Å². The van der Waals surface area contributed by atoms with E-state index in [0.717, 1.165) is 18.9 Å². The largest absolute Gasteiger partial charge is 0.368 e. The highest BCUT2D eigenvalue weighted by molar-refractivity contribution is 5.40. The third-order valence-corrected chi connectivity index (χ3v) is 3.82. The van der Waals surface area contributed by atoms with Crippen LogP contribution in [0.1, 0.15) is 26.2 Å². The molecule has 5 heteroatoms. The van der Waals surface area contributed by atoms with Gasteiger partial charge in [-0.15, -0.1) is 0 Å². The molecule has 0 atom stereocenters. The molecular weight excluding hydrogens is 226 g/mol. The monoisotopic (exact) mass is 249 g/mol. The Hall–Kier alpha value is -1.36. The van der Waals surface area contributed by atoms with Crippen LogP contribution in [-0.4, -0.2) is 47.6 Å². The second-order valence-corrected chi connectivity index (χ2v) is 5.12. The Morgan fingerprint density at radius 2 is 2.11 bits per heavy atom. The molecule has 0 unspecified atom stereocenters. The third kappa shape index (κ3) is 2.72. The zero-order valence-corrected chi connectivity index (χ0v) is 11.5. The van der Waals surface area contributed by atoms with Gasteiger partial charge in [0.05, 0.1) is 0 Å². The number of anilines is 2. The molecule has 0 saturated heterocycles. The predicted octanol–water partition coefficient (Wildman–Crippen LogP) is 1.80. The molecular formula is C13H23N5. The minimum atomic E-state index is 0.309. The Morgan fingerprint density at radius 3 is 2.67 bits per heavy atom. The van der Waals surface area contributed by atoms with E-state index in [2.05, 4.69) is 39.6 Å². The van der Waals surface area contributed by atoms with Crippen LogP contribution in [0.15, 0.2) is 12.3 Å². The molecule has 1 saturated carbocycles. The van der Waals surface area contributed by atoms with Crippen molar-refractivity contribution in [2.45, 2.75) is 31.7 Å². The van der Waals surface area contributed by atoms with Crippen LogP contribution in [0.25, 0.3) is 0 Å². The van der Waals surface area contributed by atoms with Crippen LogP contribution in [0.4, 0.5) is 11.8 Å². The van der Waals surface area contributed by atoms with Gasteiger partial charge < -0.3 is 15.5 Å². The van der Waals surface area contributed by atoms with Gasteiger partial charge >= 0.3 is 0 Å². The quantitative estimate of drug-likeness (QED) is 0.805. The summed E-state index contributed by atoms with van der Waals surface area (Å²) in [5.41, 5.74) is 0.309. The van der Waals surface area contributed by atoms with Crippen molar-refractivity contribution in [3.05, 3.63) is 12.3 Å². The molecule has 0 aromatic carbocycles. The lowest BCUT2D eigenvalue weighted by atomic mass is 9.75. The fourth-order valence-corrected chi connectivity index (χ4v) is 2.32. The normalized spacial score (nSPS) is 17.3. The first-order valence-electron chi connectivity index (χ1n) is 6.64. The van der Waals surface area contributed by atoms with Crippen molar-refractivity contribution in [1.29, 1.82) is 0 Å². The molecule has 5 nitrogen and oxygen atoms in total. The zero-order valence-electron chi connectivity index (χ0n) is 11.5. The van der Waals surface area contributed by atoms with Crippen LogP contribution < -0.4 is 10.6 Å². The lowest BCUT2D eigenvalue weighted by Gasteiger charge is -2.47. The molecule has 1 heterocycles. The van der Waals surface area contributed by atoms with E-state index >= 15 is 0 Å². The third-order valence-electron chi connectivity index (χ3n) is 3.82. The average Bonchev–Trinajstić information content (AvgIpc) is 2.28. The smallest absolute Gasteiger partial charge is 0.224 e. The summed E-state index contributed by atoms with van der Waals surface area (Å²) in [5.74, 6) is 1.59. The van der Waals surface area contributed by atoms with E-state index in [0.29, 0.717) is 11.5 Å². The van der Waals surface area contributed by atoms with Crippen molar-refractivity contribution in [3.63, 3.8) is 0 Å². The van der Waals surface area contributed by atoms with E-state index in [1.807, 2.05) is 13.0 Å². The predicted molar refractivity (Wildman–Crippen MR) is 75.0 cm³/mol. The Kier molecular flexibility index (Phi) is 4.01. The van der Waals surface area contributed by atoms with Crippen LogP contribution in [0.3, 0.4) is 0 Å². The summed E-state index contributed by atoms with van der Waals surface area (Å²) in [6.07, 6.45) is 5.64. The van der Waals surface area contributed by atoms with Gasteiger partial charge in [0.2, 0.25) is 5.95 Å². The van der Waals surface area contributed by atoms with E-state index in [4.69, 9.17) is 0 Å². The maximum atomic E-state index is 4.43. The Bertz CT molecular complexity index is 387. The summed E-state index contributed by atoms with van der Waals surface area (Å²) in [5, 5.41) is 6.56. The van der Waals surface area contributed by atoms with Gasteiger partial charge in [-0.2, -0.15) is 4.98 Å². The summed E-state index contributed by atoms with van der Waals surface area (Å²) >= 11 is 0. The molecule has 2 N–H and O–H groups in total. The number of nitrogens with one attached hydrogen (secondary N) is 2. The topological polar surface area (TPSA) is 53.1 Å². The maximum absolute atomic E-state index is 4.43. The van der Waals surface area contributed by atoms with E-state index in [1.54, 1.807) is 6.20 Å². The molecule has 1 aliphatic rings. The number of nitrogens with zero attached hydrogens (tertiary/aromatic N) is 3. The van der Waals surface area contributed by atoms with Crippen LogP contribution in [0.5, 0.6) is 0 Å². The summed E-state index contributed by atoms with van der Waals surface area (Å²) in [6.45, 7) is 3.83. The molecule has 100 valence electrons. The van der Waals surface area contributed by atoms with E-state index < -0.39 is 0 Å². The van der Waals surface area contributed by atoms with Gasteiger partial charge in [-0.05, 0) is 46.3 Å². The van der Waals surface area contributed by atoms with Gasteiger partial charge in [0, 0.05) is 24.8 Å². The standard InChI is InChI=1S/C13H23N5/c1-4-14-12-15-9-6-11(17-12)16-10-13(18(2)3)7-5-8-13/h6,9H,4-5,7-8,10H2,1-3H3,(H2,14,15,16,17). The molecule has 1 aromatic heterocycles. The molecule has 1 aromatic rings. The zero-order chi connectivity index (χ0) is 13.0. The molecule has 0 amide bonds. The summed E-state index contributed by atoms with van der Waals surface area (Å²) in [4.78, 5) is 10.9. The summed E-state index contributed by atoms with van der Waals surface area (Å²) in [6, 6.07) is 1.92. The Morgan fingerprint density at radius 1 is 1.33 bits per heavy atom. The Balaban J connectivity index is 1.95. The maximum Gasteiger partial charge on any atom is 0.224 e. The van der Waals surface area contributed by atoms with Gasteiger partial charge in [0.25, 0.3) is 0 Å². The SMILES string of the molecule is CCNc1nccc(NCC2(N(C)C)CCC2)n1. The van der Waals surface area contributed by atoms with Gasteiger partial charge in [-0.3, -0.25) is 0 Å². The fourth-order valence-electron chi connectivity index (χ4n) is 2.32. The van der Waals surface area contributed by atoms with Crippen molar-refractivity contribution in [2.75, 3.05) is 37.8 Å². The number of rotatable bonds is 6. The van der Waals surface area contributed by atoms with E-state index in [1.165, 1.54) is 19.3 Å². The molecule has 0 bridgehead atoms. The van der Waals surface area contributed by atoms with Crippen LogP contribution in [0.2, 0.25) is 0 Å². The van der Waals surface area contributed by atoms with Gasteiger partial charge in [-0.1, -0.05) is 0 Å². The lowest BCUT2D eigenvalue weighted by molar-refractivity contribution is 0.0738. The van der Waals surface area contributed by atoms with Crippen molar-refractivity contribution in [3.8, 4) is 0 Å². The molecule has 0 spiro atoms. The molecule has 0 radical (unpaired) electrons. The highest BCUT2D eigenvalue weighted by Gasteiger charge is 2.38. The molecule has 1 aliphatic carbocycles. The summed E-state index contributed by atoms with van der Waals surface area (Å²) in [7, 11) is 4.32. The molecule has 1 fully saturated rings. The first-order valence-corrected chi connectivity index (χ1v) is 6.64. The van der Waals surface area contributed by atoms with Crippen molar-refractivity contribution < 1.29 is 0 Å². The van der Waals surface area contributed by atoms with Crippen LogP contribution in [-0.2, 0) is 0 Å². The number of likely N-dealkylation sites (N-methyl/N-ethyl adjacent to an activating group) is 1. The van der Waals surface area contributed by atoms with Crippen molar-refractivity contribution in [1.82, 2.24) is 14.9 Å². The van der Waals surface area contributed by atoms with E-state index in [9.17, 15) is 0 Å². The highest BCUT2D eigenvalue weighted by atomic mass is 15.2. The molecule has 0 aliphatic heterocycles. The van der Waals surface area contributed by atoms with Crippen LogP contribution in [0, 0.1) is 0 Å². The van der Waals surface area contributed by atoms with Crippen molar-refractivity contribution >= 4 is 11.8 Å². The minimum absolute atomic E-state index is 0.309. The molecule has 2 rings (SSSR count). The van der Waals surface area contributed by atoms with Gasteiger partial charge in [-0.25, -0.2) is 4.98 Å². The first-order chi connectivity index (χ1) is 8.66. The number of hydrogen-bond acceptors (Lipinski definition) is 5. The molecule has 18 heavy (non-hydrogen) atoms. The Labute approximate surface area is 109 Å². The van der Waals surface area contributed by atoms with Gasteiger partial charge in [0.1, 0.15) is 5.82 Å². The second kappa shape index (κ2) is 5.52. The van der Waals surface area contributed by atoms with Crippen molar-refractivity contribution in [2.24, 2.45) is 0 Å².